The van der Waals surface area contributed by atoms with Crippen LogP contribution in [0.1, 0.15) is 6.42 Å². The summed E-state index contributed by atoms with van der Waals surface area (Å²) in [5, 5.41) is 20.0. The van der Waals surface area contributed by atoms with Gasteiger partial charge >= 0.3 is 0 Å². The average molecular weight is 602 g/mol. The normalized spacial score (nSPS) is 15.5. The van der Waals surface area contributed by atoms with E-state index in [0.717, 1.165) is 37.7 Å². The number of benzene rings is 1. The minimum atomic E-state index is -0.867. The van der Waals surface area contributed by atoms with Crippen molar-refractivity contribution in [2.24, 2.45) is 0 Å². The molecule has 0 aromatic heterocycles. The summed E-state index contributed by atoms with van der Waals surface area (Å²) < 4.78 is 53.6. The van der Waals surface area contributed by atoms with Crippen LogP contribution >= 0.6 is 0 Å². The monoisotopic (exact) mass is 601 g/mol. The minimum Gasteiger partial charge on any atom is -0.476 e. The number of ether oxygens (including phenoxy) is 10. The molecule has 0 radical (unpaired) electrons. The van der Waals surface area contributed by atoms with Crippen molar-refractivity contribution in [3.63, 3.8) is 0 Å². The van der Waals surface area contributed by atoms with Gasteiger partial charge in [0.15, 0.2) is 20.4 Å². The molecule has 0 bridgehead atoms. The van der Waals surface area contributed by atoms with Crippen LogP contribution in [0.2, 0.25) is 0 Å². The SMILES string of the molecule is C=COCOCC(O)COCC(COCCCOCOc1ccc(N2CCOCC2)cc1)OCC(O)COCOC=C. The molecule has 13 nitrogen and oxygen atoms in total. The summed E-state index contributed by atoms with van der Waals surface area (Å²) in [5.41, 5.74) is 1.15. The van der Waals surface area contributed by atoms with Gasteiger partial charge in [0.2, 0.25) is 0 Å². The third-order valence-corrected chi connectivity index (χ3v) is 5.70. The molecule has 3 unspecified atom stereocenters. The predicted molar refractivity (Wildman–Crippen MR) is 153 cm³/mol. The second kappa shape index (κ2) is 24.0. The number of morpholine rings is 1. The van der Waals surface area contributed by atoms with E-state index in [9.17, 15) is 10.2 Å². The molecule has 0 aliphatic carbocycles. The first-order chi connectivity index (χ1) is 20.6. The van der Waals surface area contributed by atoms with Gasteiger partial charge in [-0.1, -0.05) is 13.2 Å². The van der Waals surface area contributed by atoms with E-state index < -0.39 is 18.3 Å². The van der Waals surface area contributed by atoms with Gasteiger partial charge in [-0.15, -0.1) is 0 Å². The van der Waals surface area contributed by atoms with Gasteiger partial charge in [0.25, 0.3) is 0 Å². The fourth-order valence-corrected chi connectivity index (χ4v) is 3.61. The van der Waals surface area contributed by atoms with Crippen LogP contribution in [0.5, 0.6) is 5.75 Å². The second-order valence-electron chi connectivity index (χ2n) is 9.14. The summed E-state index contributed by atoms with van der Waals surface area (Å²) in [4.78, 5) is 2.28. The van der Waals surface area contributed by atoms with E-state index in [1.165, 1.54) is 12.5 Å². The molecule has 3 atom stereocenters. The lowest BCUT2D eigenvalue weighted by atomic mass is 10.2. The van der Waals surface area contributed by atoms with Crippen LogP contribution in [0, 0.1) is 0 Å². The topological polar surface area (TPSA) is 136 Å². The van der Waals surface area contributed by atoms with Crippen LogP contribution in [0.25, 0.3) is 0 Å². The van der Waals surface area contributed by atoms with Crippen molar-refractivity contribution in [3.8, 4) is 5.75 Å². The van der Waals surface area contributed by atoms with Crippen LogP contribution in [-0.2, 0) is 42.6 Å². The summed E-state index contributed by atoms with van der Waals surface area (Å²) >= 11 is 0. The lowest BCUT2D eigenvalue weighted by molar-refractivity contribution is -0.116. The van der Waals surface area contributed by atoms with Crippen LogP contribution in [0.15, 0.2) is 49.9 Å². The van der Waals surface area contributed by atoms with E-state index in [4.69, 9.17) is 47.4 Å². The highest BCUT2D eigenvalue weighted by atomic mass is 16.7. The molecule has 1 heterocycles. The van der Waals surface area contributed by atoms with Gasteiger partial charge in [0.1, 0.15) is 24.1 Å². The lowest BCUT2D eigenvalue weighted by Gasteiger charge is -2.28. The average Bonchev–Trinajstić information content (AvgIpc) is 3.02. The van der Waals surface area contributed by atoms with E-state index >= 15 is 0 Å². The Morgan fingerprint density at radius 1 is 0.738 bits per heavy atom. The van der Waals surface area contributed by atoms with Gasteiger partial charge in [-0.3, -0.25) is 0 Å². The molecule has 240 valence electrons. The number of rotatable bonds is 27. The number of nitrogens with zero attached hydrogens (tertiary/aromatic N) is 1. The van der Waals surface area contributed by atoms with E-state index in [0.29, 0.717) is 19.6 Å². The first-order valence-electron chi connectivity index (χ1n) is 14.0. The zero-order valence-corrected chi connectivity index (χ0v) is 24.3. The molecule has 1 fully saturated rings. The number of hydrogen-bond acceptors (Lipinski definition) is 13. The molecule has 42 heavy (non-hydrogen) atoms. The summed E-state index contributed by atoms with van der Waals surface area (Å²) in [7, 11) is 0. The van der Waals surface area contributed by atoms with E-state index in [1.54, 1.807) is 0 Å². The molecule has 13 heteroatoms. The highest BCUT2D eigenvalue weighted by molar-refractivity contribution is 5.49. The van der Waals surface area contributed by atoms with Crippen molar-refractivity contribution in [2.45, 2.75) is 24.7 Å². The van der Waals surface area contributed by atoms with Crippen LogP contribution in [0.3, 0.4) is 0 Å². The molecule has 2 N–H and O–H groups in total. The number of hydrogen-bond donors (Lipinski definition) is 2. The van der Waals surface area contributed by atoms with E-state index in [-0.39, 0.29) is 60.0 Å². The number of anilines is 1. The highest BCUT2D eigenvalue weighted by Crippen LogP contribution is 2.20. The maximum atomic E-state index is 10.1. The quantitative estimate of drug-likeness (QED) is 0.0861. The molecule has 0 spiro atoms. The van der Waals surface area contributed by atoms with Gasteiger partial charge < -0.3 is 62.5 Å². The first kappa shape index (κ1) is 35.7. The van der Waals surface area contributed by atoms with Crippen molar-refractivity contribution < 1.29 is 57.6 Å². The van der Waals surface area contributed by atoms with E-state index in [1.807, 2.05) is 24.3 Å². The molecular formula is C29H47NO12. The maximum absolute atomic E-state index is 10.1. The molecule has 0 saturated carbocycles. The van der Waals surface area contributed by atoms with Gasteiger partial charge in [-0.05, 0) is 30.7 Å². The van der Waals surface area contributed by atoms with Gasteiger partial charge in [0, 0.05) is 25.4 Å². The standard InChI is InChI=1S/C29H47NO12/c1-3-33-22-39-17-26(31)16-38-21-29(41-19-27(32)18-40-23-34-4-2)20-36-12-5-13-37-24-42-28-8-6-25(7-9-28)30-10-14-35-15-11-30/h3-4,6-9,26-27,29,31-32H,1-2,5,10-24H2. The first-order valence-corrected chi connectivity index (χ1v) is 14.0. The van der Waals surface area contributed by atoms with E-state index in [2.05, 4.69) is 18.1 Å². The van der Waals surface area contributed by atoms with Crippen LogP contribution in [0.4, 0.5) is 5.69 Å². The zero-order chi connectivity index (χ0) is 30.1. The zero-order valence-electron chi connectivity index (χ0n) is 24.3. The van der Waals surface area contributed by atoms with Crippen molar-refractivity contribution in [1.82, 2.24) is 0 Å². The molecule has 1 aromatic carbocycles. The molecule has 0 amide bonds. The molecule has 1 saturated heterocycles. The summed E-state index contributed by atoms with van der Waals surface area (Å²) in [6.45, 7) is 11.6. The summed E-state index contributed by atoms with van der Waals surface area (Å²) in [6, 6.07) is 7.93. The molecule has 2 rings (SSSR count). The fraction of sp³-hybridized carbons (Fsp3) is 0.655. The maximum Gasteiger partial charge on any atom is 0.189 e. The molecular weight excluding hydrogens is 554 g/mol. The van der Waals surface area contributed by atoms with Crippen LogP contribution < -0.4 is 9.64 Å². The molecule has 1 aromatic rings. The smallest absolute Gasteiger partial charge is 0.189 e. The number of aliphatic hydroxyl groups is 2. The summed E-state index contributed by atoms with van der Waals surface area (Å²) in [5.74, 6) is 0.742. The summed E-state index contributed by atoms with van der Waals surface area (Å²) in [6.07, 6.45) is 0.965. The van der Waals surface area contributed by atoms with Gasteiger partial charge in [0.05, 0.1) is 72.0 Å². The Bertz CT molecular complexity index is 793. The largest absolute Gasteiger partial charge is 0.476 e. The van der Waals surface area contributed by atoms with Crippen molar-refractivity contribution in [2.75, 3.05) is 104 Å². The molecule has 1 aliphatic heterocycles. The van der Waals surface area contributed by atoms with Crippen molar-refractivity contribution >= 4 is 5.69 Å². The van der Waals surface area contributed by atoms with Crippen LogP contribution in [-0.4, -0.2) is 128 Å². The Morgan fingerprint density at radius 2 is 1.33 bits per heavy atom. The fourth-order valence-electron chi connectivity index (χ4n) is 3.61. The second-order valence-corrected chi connectivity index (χ2v) is 9.14. The molecule has 1 aliphatic rings. The Labute approximate surface area is 248 Å². The van der Waals surface area contributed by atoms with Crippen molar-refractivity contribution in [3.05, 3.63) is 49.9 Å². The Kier molecular flexibility index (Phi) is 20.4. The minimum absolute atomic E-state index is 0.00374. The Balaban J connectivity index is 1.59. The Morgan fingerprint density at radius 3 is 2.00 bits per heavy atom. The highest BCUT2D eigenvalue weighted by Gasteiger charge is 2.15. The third kappa shape index (κ3) is 17.5. The van der Waals surface area contributed by atoms with Gasteiger partial charge in [-0.25, -0.2) is 0 Å². The van der Waals surface area contributed by atoms with Crippen molar-refractivity contribution in [1.29, 1.82) is 0 Å². The third-order valence-electron chi connectivity index (χ3n) is 5.70. The lowest BCUT2D eigenvalue weighted by Crippen LogP contribution is -2.36. The predicted octanol–water partition coefficient (Wildman–Crippen LogP) is 1.67. The van der Waals surface area contributed by atoms with Gasteiger partial charge in [-0.2, -0.15) is 0 Å². The number of aliphatic hydroxyl groups excluding tert-OH is 2. The Hall–Kier alpha value is -2.46.